The fourth-order valence-electron chi connectivity index (χ4n) is 1.03. The average Bonchev–Trinajstić information content (AvgIpc) is 2.25. The number of guanidine groups is 1. The number of carbonyl (C=O) groups is 2. The van der Waals surface area contributed by atoms with Crippen LogP contribution in [-0.4, -0.2) is 42.1 Å². The monoisotopic (exact) mass is 213 g/mol. The lowest BCUT2D eigenvalue weighted by molar-refractivity contribution is -0.118. The summed E-state index contributed by atoms with van der Waals surface area (Å²) in [5.74, 6) is 0.0501. The number of carbonyl (C=O) groups excluding carboxylic acids is 2. The van der Waals surface area contributed by atoms with Gasteiger partial charge in [-0.05, 0) is 20.8 Å². The van der Waals surface area contributed by atoms with E-state index in [1.54, 1.807) is 32.7 Å². The topological polar surface area (TPSA) is 71.0 Å². The van der Waals surface area contributed by atoms with Crippen molar-refractivity contribution in [2.24, 2.45) is 4.99 Å². The van der Waals surface area contributed by atoms with Crippen molar-refractivity contribution in [2.45, 2.75) is 26.4 Å². The highest BCUT2D eigenvalue weighted by molar-refractivity contribution is 6.06. The molecule has 84 valence electrons. The normalized spacial score (nSPS) is 19.3. The molecule has 1 N–H and O–H groups in total. The summed E-state index contributed by atoms with van der Waals surface area (Å²) in [6, 6.07) is 0. The number of rotatable bonds is 0. The van der Waals surface area contributed by atoms with Crippen LogP contribution in [0.4, 0.5) is 4.79 Å². The van der Waals surface area contributed by atoms with Crippen molar-refractivity contribution in [3.63, 3.8) is 0 Å². The van der Waals surface area contributed by atoms with E-state index in [0.717, 1.165) is 0 Å². The molecule has 2 amide bonds. The Kier molecular flexibility index (Phi) is 2.97. The summed E-state index contributed by atoms with van der Waals surface area (Å²) >= 11 is 0. The molecule has 6 heteroatoms. The lowest BCUT2D eigenvalue weighted by Crippen LogP contribution is -2.30. The van der Waals surface area contributed by atoms with Crippen molar-refractivity contribution in [2.75, 3.05) is 13.6 Å². The molecular weight excluding hydrogens is 198 g/mol. The van der Waals surface area contributed by atoms with E-state index in [0.29, 0.717) is 0 Å². The predicted octanol–water partition coefficient (Wildman–Crippen LogP) is 0.339. The Labute approximate surface area is 88.3 Å². The summed E-state index contributed by atoms with van der Waals surface area (Å²) < 4.78 is 4.98. The fraction of sp³-hybridized carbons (Fsp3) is 0.667. The summed E-state index contributed by atoms with van der Waals surface area (Å²) in [4.78, 5) is 27.4. The summed E-state index contributed by atoms with van der Waals surface area (Å²) in [6.07, 6.45) is -0.702. The zero-order valence-electron chi connectivity index (χ0n) is 9.33. The van der Waals surface area contributed by atoms with Gasteiger partial charge in [0.15, 0.2) is 0 Å². The summed E-state index contributed by atoms with van der Waals surface area (Å²) in [5, 5.41) is 2.46. The molecule has 0 aromatic carbocycles. The molecule has 1 aliphatic heterocycles. The second-order valence-corrected chi connectivity index (χ2v) is 4.32. The first-order valence-electron chi connectivity index (χ1n) is 4.60. The smallest absolute Gasteiger partial charge is 0.437 e. The van der Waals surface area contributed by atoms with Crippen molar-refractivity contribution in [1.82, 2.24) is 10.2 Å². The Morgan fingerprint density at radius 2 is 2.13 bits per heavy atom. The van der Waals surface area contributed by atoms with Crippen LogP contribution in [0.25, 0.3) is 0 Å². The molecule has 0 spiro atoms. The molecule has 1 aliphatic rings. The van der Waals surface area contributed by atoms with Gasteiger partial charge in [0.1, 0.15) is 5.60 Å². The zero-order chi connectivity index (χ0) is 11.6. The maximum Gasteiger partial charge on any atom is 0.437 e. The van der Waals surface area contributed by atoms with Gasteiger partial charge < -0.3 is 9.64 Å². The van der Waals surface area contributed by atoms with E-state index in [2.05, 4.69) is 10.3 Å². The highest BCUT2D eigenvalue weighted by Gasteiger charge is 2.24. The molecular formula is C9H15N3O3. The zero-order valence-corrected chi connectivity index (χ0v) is 9.33. The molecule has 0 aromatic heterocycles. The van der Waals surface area contributed by atoms with Crippen LogP contribution in [0.5, 0.6) is 0 Å². The van der Waals surface area contributed by atoms with Gasteiger partial charge in [0, 0.05) is 7.05 Å². The first-order valence-corrected chi connectivity index (χ1v) is 4.60. The molecule has 1 heterocycles. The minimum Gasteiger partial charge on any atom is -0.442 e. The first kappa shape index (κ1) is 11.5. The van der Waals surface area contributed by atoms with Gasteiger partial charge in [-0.2, -0.15) is 0 Å². The van der Waals surface area contributed by atoms with Crippen LogP contribution in [0.15, 0.2) is 4.99 Å². The van der Waals surface area contributed by atoms with Gasteiger partial charge in [-0.25, -0.2) is 4.79 Å². The van der Waals surface area contributed by atoms with Crippen LogP contribution in [0.2, 0.25) is 0 Å². The van der Waals surface area contributed by atoms with Crippen molar-refractivity contribution >= 4 is 18.0 Å². The summed E-state index contributed by atoms with van der Waals surface area (Å²) in [6.45, 7) is 5.47. The van der Waals surface area contributed by atoms with Crippen molar-refractivity contribution in [1.29, 1.82) is 0 Å². The Morgan fingerprint density at radius 1 is 1.53 bits per heavy atom. The quantitative estimate of drug-likeness (QED) is 0.629. The van der Waals surface area contributed by atoms with E-state index >= 15 is 0 Å². The van der Waals surface area contributed by atoms with Crippen LogP contribution in [0.1, 0.15) is 20.8 Å². The van der Waals surface area contributed by atoms with Gasteiger partial charge in [0.2, 0.25) is 11.9 Å². The van der Waals surface area contributed by atoms with Crippen molar-refractivity contribution in [3.05, 3.63) is 0 Å². The highest BCUT2D eigenvalue weighted by Crippen LogP contribution is 2.08. The van der Waals surface area contributed by atoms with Crippen LogP contribution in [-0.2, 0) is 9.53 Å². The van der Waals surface area contributed by atoms with E-state index in [9.17, 15) is 9.59 Å². The van der Waals surface area contributed by atoms with Gasteiger partial charge in [0.05, 0.1) is 6.54 Å². The number of nitrogens with one attached hydrogen (secondary N) is 1. The number of ether oxygens (including phenoxy) is 1. The van der Waals surface area contributed by atoms with Crippen molar-refractivity contribution < 1.29 is 14.3 Å². The molecule has 0 radical (unpaired) electrons. The number of amides is 2. The third-order valence-electron chi connectivity index (χ3n) is 1.58. The Morgan fingerprint density at radius 3 is 2.53 bits per heavy atom. The van der Waals surface area contributed by atoms with Crippen LogP contribution in [0, 0.1) is 0 Å². The molecule has 0 aliphatic carbocycles. The Hall–Kier alpha value is -1.59. The van der Waals surface area contributed by atoms with Crippen LogP contribution < -0.4 is 5.32 Å². The van der Waals surface area contributed by atoms with Crippen molar-refractivity contribution in [3.8, 4) is 0 Å². The molecule has 1 rings (SSSR count). The summed E-state index contributed by atoms with van der Waals surface area (Å²) in [5.41, 5.74) is -0.581. The van der Waals surface area contributed by atoms with Gasteiger partial charge in [-0.3, -0.25) is 10.1 Å². The summed E-state index contributed by atoms with van der Waals surface area (Å²) in [7, 11) is 1.67. The third-order valence-corrected chi connectivity index (χ3v) is 1.58. The van der Waals surface area contributed by atoms with Gasteiger partial charge in [-0.1, -0.05) is 0 Å². The minimum absolute atomic E-state index is 0.181. The molecule has 0 saturated carbocycles. The molecule has 0 unspecified atom stereocenters. The first-order chi connectivity index (χ1) is 6.78. The maximum atomic E-state index is 11.3. The second-order valence-electron chi connectivity index (χ2n) is 4.32. The van der Waals surface area contributed by atoms with E-state index in [-0.39, 0.29) is 18.4 Å². The molecule has 1 fully saturated rings. The number of nitrogens with zero attached hydrogens (tertiary/aromatic N) is 2. The van der Waals surface area contributed by atoms with E-state index in [1.807, 2.05) is 0 Å². The standard InChI is InChI=1S/C9H15N3O3/c1-9(2,3)15-8(14)11-7-10-6(13)5-12(7)4/h5H2,1-4H3,(H,10,11,13,14). The van der Waals surface area contributed by atoms with E-state index < -0.39 is 11.7 Å². The van der Waals surface area contributed by atoms with Crippen LogP contribution >= 0.6 is 0 Å². The molecule has 0 bridgehead atoms. The number of hydrogen-bond donors (Lipinski definition) is 1. The molecule has 1 saturated heterocycles. The van der Waals surface area contributed by atoms with Gasteiger partial charge in [0.25, 0.3) is 0 Å². The average molecular weight is 213 g/mol. The Balaban J connectivity index is 2.64. The van der Waals surface area contributed by atoms with Gasteiger partial charge >= 0.3 is 6.09 Å². The van der Waals surface area contributed by atoms with Gasteiger partial charge in [-0.15, -0.1) is 4.99 Å². The lowest BCUT2D eigenvalue weighted by atomic mass is 10.2. The second kappa shape index (κ2) is 3.88. The molecule has 0 aromatic rings. The largest absolute Gasteiger partial charge is 0.442 e. The molecule has 15 heavy (non-hydrogen) atoms. The van der Waals surface area contributed by atoms with E-state index in [1.165, 1.54) is 0 Å². The SMILES string of the molecule is CN1CC(=O)NC1=NC(=O)OC(C)(C)C. The predicted molar refractivity (Wildman–Crippen MR) is 54.4 cm³/mol. The highest BCUT2D eigenvalue weighted by atomic mass is 16.6. The van der Waals surface area contributed by atoms with E-state index in [4.69, 9.17) is 4.74 Å². The number of hydrogen-bond acceptors (Lipinski definition) is 3. The lowest BCUT2D eigenvalue weighted by Gasteiger charge is -2.17. The van der Waals surface area contributed by atoms with Crippen LogP contribution in [0.3, 0.4) is 0 Å². The fourth-order valence-corrected chi connectivity index (χ4v) is 1.03. The minimum atomic E-state index is -0.702. The molecule has 6 nitrogen and oxygen atoms in total. The third kappa shape index (κ3) is 3.57. The number of likely N-dealkylation sites (N-methyl/N-ethyl adjacent to an activating group) is 1. The maximum absolute atomic E-state index is 11.3. The molecule has 0 atom stereocenters. The Bertz CT molecular complexity index is 317. The number of aliphatic imine (C=N–C) groups is 1.